The van der Waals surface area contributed by atoms with Gasteiger partial charge in [-0.05, 0) is 68.9 Å². The Morgan fingerprint density at radius 2 is 1.79 bits per heavy atom. The van der Waals surface area contributed by atoms with Gasteiger partial charge >= 0.3 is 5.97 Å². The van der Waals surface area contributed by atoms with E-state index in [9.17, 15) is 14.4 Å². The number of ether oxygens (including phenoxy) is 1. The Hall–Kier alpha value is -3.00. The quantitative estimate of drug-likeness (QED) is 0.348. The van der Waals surface area contributed by atoms with Crippen LogP contribution in [0.2, 0.25) is 0 Å². The highest BCUT2D eigenvalue weighted by atomic mass is 32.1. The number of thiocarbonyl (C=S) groups is 1. The number of rotatable bonds is 4. The molecule has 1 saturated heterocycles. The molecule has 28 heavy (non-hydrogen) atoms. The average Bonchev–Trinajstić information content (AvgIpc) is 2.92. The van der Waals surface area contributed by atoms with Crippen molar-refractivity contribution in [3.8, 4) is 0 Å². The van der Waals surface area contributed by atoms with E-state index in [1.165, 1.54) is 0 Å². The van der Waals surface area contributed by atoms with E-state index in [2.05, 4.69) is 15.5 Å². The minimum Gasteiger partial charge on any atom is -0.462 e. The van der Waals surface area contributed by atoms with Gasteiger partial charge in [-0.2, -0.15) is 0 Å². The van der Waals surface area contributed by atoms with Crippen LogP contribution in [0.25, 0.3) is 0 Å². The van der Waals surface area contributed by atoms with E-state index >= 15 is 0 Å². The first-order valence-electron chi connectivity index (χ1n) is 8.97. The van der Waals surface area contributed by atoms with Crippen LogP contribution in [0.3, 0.4) is 0 Å². The van der Waals surface area contributed by atoms with Crippen molar-refractivity contribution in [2.45, 2.75) is 32.9 Å². The molecule has 0 saturated carbocycles. The molecule has 0 bridgehead atoms. The summed E-state index contributed by atoms with van der Waals surface area (Å²) in [6.45, 7) is 6.11. The van der Waals surface area contributed by atoms with Crippen molar-refractivity contribution >= 4 is 40.8 Å². The number of benzene rings is 1. The molecule has 0 radical (unpaired) electrons. The van der Waals surface area contributed by atoms with E-state index in [4.69, 9.17) is 17.0 Å². The van der Waals surface area contributed by atoms with Gasteiger partial charge in [0.05, 0.1) is 18.2 Å². The summed E-state index contributed by atoms with van der Waals surface area (Å²) in [7, 11) is 0. The third-order valence-electron chi connectivity index (χ3n) is 4.70. The Morgan fingerprint density at radius 3 is 2.36 bits per heavy atom. The molecule has 3 rings (SSSR count). The zero-order chi connectivity index (χ0) is 20.4. The molecule has 2 aliphatic heterocycles. The zero-order valence-electron chi connectivity index (χ0n) is 15.8. The number of carbonyl (C=O) groups is 3. The standard InChI is InChI=1S/C20H21N3O4S/c1-4-27-19(26)13-5-7-15(8-6-13)23-11(2)9-14(12(23)3)10-16-17(24)21-20(28)22-18(16)25/h5-12H,4H2,1-3H3,(H2,21,22,24,25,28). The van der Waals surface area contributed by atoms with E-state index in [-0.39, 0.29) is 28.7 Å². The Bertz CT molecular complexity index is 883. The molecule has 2 aliphatic rings. The lowest BCUT2D eigenvalue weighted by Crippen LogP contribution is -2.51. The van der Waals surface area contributed by atoms with Gasteiger partial charge in [0.25, 0.3) is 11.8 Å². The van der Waals surface area contributed by atoms with E-state index in [0.717, 1.165) is 11.3 Å². The van der Waals surface area contributed by atoms with Crippen LogP contribution in [-0.4, -0.2) is 41.6 Å². The first-order valence-corrected chi connectivity index (χ1v) is 9.38. The number of anilines is 1. The first kappa shape index (κ1) is 19.8. The Kier molecular flexibility index (Phi) is 5.60. The third-order valence-corrected chi connectivity index (χ3v) is 4.91. The number of hydrogen-bond donors (Lipinski definition) is 2. The minimum atomic E-state index is -0.508. The lowest BCUT2D eigenvalue weighted by Gasteiger charge is -2.30. The predicted octanol–water partition coefficient (Wildman–Crippen LogP) is 1.84. The summed E-state index contributed by atoms with van der Waals surface area (Å²) in [6, 6.07) is 7.17. The van der Waals surface area contributed by atoms with Crippen LogP contribution < -0.4 is 15.5 Å². The van der Waals surface area contributed by atoms with Gasteiger partial charge < -0.3 is 9.64 Å². The first-order chi connectivity index (χ1) is 13.3. The summed E-state index contributed by atoms with van der Waals surface area (Å²) in [5.41, 5.74) is 2.30. The van der Waals surface area contributed by atoms with E-state index in [0.29, 0.717) is 12.2 Å². The predicted molar refractivity (Wildman–Crippen MR) is 109 cm³/mol. The fourth-order valence-electron chi connectivity index (χ4n) is 3.40. The molecular weight excluding hydrogens is 378 g/mol. The van der Waals surface area contributed by atoms with Gasteiger partial charge in [0.2, 0.25) is 0 Å². The van der Waals surface area contributed by atoms with Crippen LogP contribution in [0, 0.1) is 0 Å². The van der Waals surface area contributed by atoms with Gasteiger partial charge in [-0.3, -0.25) is 20.2 Å². The van der Waals surface area contributed by atoms with Gasteiger partial charge in [-0.25, -0.2) is 4.79 Å². The molecule has 1 aromatic rings. The van der Waals surface area contributed by atoms with Crippen molar-refractivity contribution in [3.63, 3.8) is 0 Å². The summed E-state index contributed by atoms with van der Waals surface area (Å²) < 4.78 is 5.01. The molecule has 1 aromatic carbocycles. The molecular formula is C20H21N3O4S. The van der Waals surface area contributed by atoms with Crippen LogP contribution in [-0.2, 0) is 14.3 Å². The summed E-state index contributed by atoms with van der Waals surface area (Å²) in [4.78, 5) is 38.1. The molecule has 8 heteroatoms. The van der Waals surface area contributed by atoms with Gasteiger partial charge in [-0.15, -0.1) is 0 Å². The number of amides is 2. The highest BCUT2D eigenvalue weighted by molar-refractivity contribution is 7.80. The van der Waals surface area contributed by atoms with Crippen LogP contribution in [0.5, 0.6) is 0 Å². The van der Waals surface area contributed by atoms with Crippen molar-refractivity contribution in [2.75, 3.05) is 11.5 Å². The lowest BCUT2D eigenvalue weighted by molar-refractivity contribution is -0.123. The Morgan fingerprint density at radius 1 is 1.18 bits per heavy atom. The van der Waals surface area contributed by atoms with Gasteiger partial charge in [-0.1, -0.05) is 6.08 Å². The molecule has 2 atom stereocenters. The lowest BCUT2D eigenvalue weighted by atomic mass is 10.0. The fourth-order valence-corrected chi connectivity index (χ4v) is 3.58. The summed E-state index contributed by atoms with van der Waals surface area (Å²) in [5.74, 6) is -1.37. The van der Waals surface area contributed by atoms with Crippen molar-refractivity contribution < 1.29 is 19.1 Å². The number of nitrogens with one attached hydrogen (secondary N) is 2. The maximum atomic E-state index is 12.1. The maximum absolute atomic E-state index is 12.1. The number of carbonyl (C=O) groups excluding carboxylic acids is 3. The summed E-state index contributed by atoms with van der Waals surface area (Å²) in [6.07, 6.45) is 3.60. The van der Waals surface area contributed by atoms with E-state index in [1.54, 1.807) is 25.1 Å². The van der Waals surface area contributed by atoms with E-state index in [1.807, 2.05) is 32.1 Å². The second kappa shape index (κ2) is 7.93. The fraction of sp³-hybridized carbons (Fsp3) is 0.300. The SMILES string of the molecule is CCOC(=O)c1ccc(N2C(C)C=C(C=C3C(=O)NC(=S)NC3=O)C2C)cc1. The second-order valence-electron chi connectivity index (χ2n) is 6.55. The van der Waals surface area contributed by atoms with Gasteiger partial charge in [0.15, 0.2) is 5.11 Å². The third kappa shape index (κ3) is 3.82. The molecule has 0 spiro atoms. The molecule has 7 nitrogen and oxygen atoms in total. The van der Waals surface area contributed by atoms with Gasteiger partial charge in [0.1, 0.15) is 5.57 Å². The maximum Gasteiger partial charge on any atom is 0.338 e. The molecule has 2 N–H and O–H groups in total. The van der Waals surface area contributed by atoms with Crippen molar-refractivity contribution in [1.82, 2.24) is 10.6 Å². The molecule has 1 fully saturated rings. The minimum absolute atomic E-state index is 0.0114. The Balaban J connectivity index is 1.81. The van der Waals surface area contributed by atoms with Crippen LogP contribution >= 0.6 is 12.2 Å². The number of nitrogens with zero attached hydrogens (tertiary/aromatic N) is 1. The molecule has 0 aromatic heterocycles. The van der Waals surface area contributed by atoms with Crippen LogP contribution in [0.4, 0.5) is 5.69 Å². The number of esters is 1. The summed E-state index contributed by atoms with van der Waals surface area (Å²) >= 11 is 4.82. The highest BCUT2D eigenvalue weighted by Gasteiger charge is 2.31. The Labute approximate surface area is 168 Å². The van der Waals surface area contributed by atoms with Crippen molar-refractivity contribution in [3.05, 3.63) is 53.1 Å². The van der Waals surface area contributed by atoms with E-state index < -0.39 is 11.8 Å². The zero-order valence-corrected chi connectivity index (χ0v) is 16.6. The smallest absolute Gasteiger partial charge is 0.338 e. The average molecular weight is 399 g/mol. The largest absolute Gasteiger partial charge is 0.462 e. The summed E-state index contributed by atoms with van der Waals surface area (Å²) in [5, 5.41) is 4.89. The number of hydrogen-bond acceptors (Lipinski definition) is 6. The molecule has 2 amide bonds. The van der Waals surface area contributed by atoms with Crippen LogP contribution in [0.15, 0.2) is 47.6 Å². The second-order valence-corrected chi connectivity index (χ2v) is 6.96. The normalized spacial score (nSPS) is 21.8. The molecule has 2 unspecified atom stereocenters. The van der Waals surface area contributed by atoms with Gasteiger partial charge in [0, 0.05) is 11.7 Å². The van der Waals surface area contributed by atoms with Crippen molar-refractivity contribution in [2.24, 2.45) is 0 Å². The van der Waals surface area contributed by atoms with Crippen LogP contribution in [0.1, 0.15) is 31.1 Å². The highest BCUT2D eigenvalue weighted by Crippen LogP contribution is 2.31. The topological polar surface area (TPSA) is 87.7 Å². The molecule has 146 valence electrons. The molecule has 2 heterocycles. The molecule has 0 aliphatic carbocycles. The van der Waals surface area contributed by atoms with Crippen molar-refractivity contribution in [1.29, 1.82) is 0 Å². The monoisotopic (exact) mass is 399 g/mol.